The normalized spacial score (nSPS) is 9.67. The van der Waals surface area contributed by atoms with Gasteiger partial charge in [-0.1, -0.05) is 15.9 Å². The molecule has 3 nitrogen and oxygen atoms in total. The van der Waals surface area contributed by atoms with Crippen LogP contribution in [-0.2, 0) is 0 Å². The molecule has 2 N–H and O–H groups in total. The monoisotopic (exact) mass is 268 g/mol. The Bertz CT molecular complexity index is 362. The molecule has 0 aromatic heterocycles. The number of aryl methyl sites for hydroxylation is 1. The van der Waals surface area contributed by atoms with Crippen molar-refractivity contribution >= 4 is 21.6 Å². The van der Waals surface area contributed by atoms with E-state index in [9.17, 15) is 0 Å². The zero-order valence-corrected chi connectivity index (χ0v) is 10.2. The van der Waals surface area contributed by atoms with Gasteiger partial charge in [0.05, 0.1) is 18.4 Å². The van der Waals surface area contributed by atoms with Gasteiger partial charge in [-0.05, 0) is 31.0 Å². The van der Waals surface area contributed by atoms with Gasteiger partial charge < -0.3 is 10.5 Å². The summed E-state index contributed by atoms with van der Waals surface area (Å²) in [4.78, 5) is 0. The average Bonchev–Trinajstić information content (AvgIpc) is 2.15. The van der Waals surface area contributed by atoms with Crippen LogP contribution in [0.5, 0.6) is 5.75 Å². The van der Waals surface area contributed by atoms with Gasteiger partial charge in [0.25, 0.3) is 0 Å². The van der Waals surface area contributed by atoms with Crippen molar-refractivity contribution in [2.45, 2.75) is 19.8 Å². The standard InChI is InChI=1S/C11H13BrN2O/c1-8-6-9(12)7-10(14)11(8)15-5-3-2-4-13/h6-7H,2-3,5,14H2,1H3. The highest BCUT2D eigenvalue weighted by atomic mass is 79.9. The number of hydrogen-bond acceptors (Lipinski definition) is 3. The van der Waals surface area contributed by atoms with Gasteiger partial charge in [-0.25, -0.2) is 0 Å². The maximum atomic E-state index is 8.37. The minimum Gasteiger partial charge on any atom is -0.491 e. The fraction of sp³-hybridized carbons (Fsp3) is 0.364. The summed E-state index contributed by atoms with van der Waals surface area (Å²) in [5.74, 6) is 0.719. The number of benzene rings is 1. The molecule has 0 saturated heterocycles. The minimum atomic E-state index is 0.509. The Hall–Kier alpha value is -1.21. The Balaban J connectivity index is 2.65. The second-order valence-corrected chi connectivity index (χ2v) is 4.17. The summed E-state index contributed by atoms with van der Waals surface area (Å²) in [7, 11) is 0. The predicted octanol–water partition coefficient (Wildman–Crippen LogP) is 3.02. The van der Waals surface area contributed by atoms with Crippen LogP contribution in [0.3, 0.4) is 0 Å². The third-order valence-corrected chi connectivity index (χ3v) is 2.41. The molecule has 80 valence electrons. The number of nitrogens with zero attached hydrogens (tertiary/aromatic N) is 1. The quantitative estimate of drug-likeness (QED) is 0.675. The van der Waals surface area contributed by atoms with Crippen LogP contribution in [0.1, 0.15) is 18.4 Å². The third-order valence-electron chi connectivity index (χ3n) is 1.95. The lowest BCUT2D eigenvalue weighted by atomic mass is 10.2. The molecule has 1 rings (SSSR count). The Labute approximate surface area is 98.0 Å². The van der Waals surface area contributed by atoms with E-state index >= 15 is 0 Å². The fourth-order valence-electron chi connectivity index (χ4n) is 1.28. The van der Waals surface area contributed by atoms with Gasteiger partial charge >= 0.3 is 0 Å². The summed E-state index contributed by atoms with van der Waals surface area (Å²) in [6.07, 6.45) is 1.24. The number of ether oxygens (including phenoxy) is 1. The zero-order chi connectivity index (χ0) is 11.3. The largest absolute Gasteiger partial charge is 0.491 e. The van der Waals surface area contributed by atoms with Crippen LogP contribution < -0.4 is 10.5 Å². The van der Waals surface area contributed by atoms with Crippen molar-refractivity contribution in [2.75, 3.05) is 12.3 Å². The van der Waals surface area contributed by atoms with Gasteiger partial charge in [0.2, 0.25) is 0 Å². The van der Waals surface area contributed by atoms with Gasteiger partial charge in [-0.15, -0.1) is 0 Å². The van der Waals surface area contributed by atoms with E-state index in [1.54, 1.807) is 0 Å². The number of rotatable bonds is 4. The van der Waals surface area contributed by atoms with Gasteiger partial charge in [0.15, 0.2) is 0 Å². The molecule has 0 saturated carbocycles. The number of anilines is 1. The molecule has 0 aliphatic rings. The molecule has 0 amide bonds. The Morgan fingerprint density at radius 3 is 2.87 bits per heavy atom. The molecule has 1 aromatic carbocycles. The maximum Gasteiger partial charge on any atom is 0.145 e. The highest BCUT2D eigenvalue weighted by molar-refractivity contribution is 9.10. The predicted molar refractivity (Wildman–Crippen MR) is 63.6 cm³/mol. The molecule has 0 fully saturated rings. The van der Waals surface area contributed by atoms with Crippen molar-refractivity contribution in [1.29, 1.82) is 5.26 Å². The SMILES string of the molecule is Cc1cc(Br)cc(N)c1OCCCC#N. The van der Waals surface area contributed by atoms with Crippen LogP contribution in [0.4, 0.5) is 5.69 Å². The first-order chi connectivity index (χ1) is 7.15. The summed E-state index contributed by atoms with van der Waals surface area (Å²) < 4.78 is 6.47. The van der Waals surface area contributed by atoms with E-state index in [0.29, 0.717) is 18.7 Å². The number of nitriles is 1. The summed E-state index contributed by atoms with van der Waals surface area (Å²) >= 11 is 3.36. The molecule has 0 unspecified atom stereocenters. The van der Waals surface area contributed by atoms with Crippen LogP contribution >= 0.6 is 15.9 Å². The third kappa shape index (κ3) is 3.45. The number of unbranched alkanes of at least 4 members (excludes halogenated alkanes) is 1. The summed E-state index contributed by atoms with van der Waals surface area (Å²) in [5.41, 5.74) is 7.44. The highest BCUT2D eigenvalue weighted by Crippen LogP contribution is 2.30. The van der Waals surface area contributed by atoms with Crippen molar-refractivity contribution in [1.82, 2.24) is 0 Å². The molecular formula is C11H13BrN2O. The molecule has 0 spiro atoms. The van der Waals surface area contributed by atoms with Crippen molar-refractivity contribution in [2.24, 2.45) is 0 Å². The first-order valence-electron chi connectivity index (χ1n) is 4.70. The summed E-state index contributed by atoms with van der Waals surface area (Å²) in [6.45, 7) is 2.47. The van der Waals surface area contributed by atoms with Crippen LogP contribution in [0, 0.1) is 18.3 Å². The minimum absolute atomic E-state index is 0.509. The first kappa shape index (κ1) is 11.9. The molecule has 0 aliphatic carbocycles. The lowest BCUT2D eigenvalue weighted by Crippen LogP contribution is -2.02. The smallest absolute Gasteiger partial charge is 0.145 e. The topological polar surface area (TPSA) is 59.0 Å². The van der Waals surface area contributed by atoms with Crippen molar-refractivity contribution in [3.05, 3.63) is 22.2 Å². The molecule has 4 heteroatoms. The molecule has 0 heterocycles. The lowest BCUT2D eigenvalue weighted by molar-refractivity contribution is 0.312. The van der Waals surface area contributed by atoms with E-state index in [2.05, 4.69) is 22.0 Å². The first-order valence-corrected chi connectivity index (χ1v) is 5.50. The number of hydrogen-bond donors (Lipinski definition) is 1. The van der Waals surface area contributed by atoms with Crippen molar-refractivity contribution in [3.63, 3.8) is 0 Å². The molecule has 0 bridgehead atoms. The molecule has 0 radical (unpaired) electrons. The molecule has 15 heavy (non-hydrogen) atoms. The highest BCUT2D eigenvalue weighted by Gasteiger charge is 2.05. The number of nitrogen functional groups attached to an aromatic ring is 1. The molecule has 0 aliphatic heterocycles. The lowest BCUT2D eigenvalue weighted by Gasteiger charge is -2.11. The van der Waals surface area contributed by atoms with E-state index in [1.165, 1.54) is 0 Å². The van der Waals surface area contributed by atoms with Gasteiger partial charge in [0, 0.05) is 10.9 Å². The average molecular weight is 269 g/mol. The van der Waals surface area contributed by atoms with E-state index in [-0.39, 0.29) is 0 Å². The van der Waals surface area contributed by atoms with Crippen LogP contribution in [0.15, 0.2) is 16.6 Å². The Morgan fingerprint density at radius 1 is 1.53 bits per heavy atom. The van der Waals surface area contributed by atoms with E-state index in [4.69, 9.17) is 15.7 Å². The van der Waals surface area contributed by atoms with Gasteiger partial charge in [-0.2, -0.15) is 5.26 Å². The Morgan fingerprint density at radius 2 is 2.27 bits per heavy atom. The van der Waals surface area contributed by atoms with Crippen LogP contribution in [0.25, 0.3) is 0 Å². The van der Waals surface area contributed by atoms with Crippen molar-refractivity contribution in [3.8, 4) is 11.8 Å². The number of nitrogens with two attached hydrogens (primary N) is 1. The maximum absolute atomic E-state index is 8.37. The Kier molecular flexibility index (Phi) is 4.44. The van der Waals surface area contributed by atoms with Crippen LogP contribution in [0.2, 0.25) is 0 Å². The summed E-state index contributed by atoms with van der Waals surface area (Å²) in [6, 6.07) is 5.84. The molecule has 0 atom stereocenters. The molecular weight excluding hydrogens is 256 g/mol. The number of halogens is 1. The second-order valence-electron chi connectivity index (χ2n) is 3.25. The summed E-state index contributed by atoms with van der Waals surface area (Å²) in [5, 5.41) is 8.37. The second kappa shape index (κ2) is 5.62. The van der Waals surface area contributed by atoms with E-state index < -0.39 is 0 Å². The van der Waals surface area contributed by atoms with Gasteiger partial charge in [0.1, 0.15) is 5.75 Å². The fourth-order valence-corrected chi connectivity index (χ4v) is 1.87. The van der Waals surface area contributed by atoms with E-state index in [0.717, 1.165) is 22.2 Å². The van der Waals surface area contributed by atoms with Gasteiger partial charge in [-0.3, -0.25) is 0 Å². The zero-order valence-electron chi connectivity index (χ0n) is 8.59. The van der Waals surface area contributed by atoms with Crippen LogP contribution in [-0.4, -0.2) is 6.61 Å². The van der Waals surface area contributed by atoms with Crippen molar-refractivity contribution < 1.29 is 4.74 Å². The van der Waals surface area contributed by atoms with E-state index in [1.807, 2.05) is 19.1 Å². The molecule has 1 aromatic rings.